The zero-order valence-electron chi connectivity index (χ0n) is 9.80. The molecule has 0 unspecified atom stereocenters. The first-order valence-corrected chi connectivity index (χ1v) is 5.58. The Labute approximate surface area is 92.3 Å². The van der Waals surface area contributed by atoms with Gasteiger partial charge in [0.2, 0.25) is 0 Å². The summed E-state index contributed by atoms with van der Waals surface area (Å²) in [4.78, 5) is 0. The summed E-state index contributed by atoms with van der Waals surface area (Å²) in [5.41, 5.74) is 7.26. The van der Waals surface area contributed by atoms with Gasteiger partial charge in [0.25, 0.3) is 0 Å². The quantitative estimate of drug-likeness (QED) is 0.672. The van der Waals surface area contributed by atoms with E-state index in [-0.39, 0.29) is 0 Å². The topological polar surface area (TPSA) is 0 Å². The summed E-state index contributed by atoms with van der Waals surface area (Å²) < 4.78 is 0. The molecule has 0 bridgehead atoms. The smallest absolute Gasteiger partial charge is 0.00581 e. The van der Waals surface area contributed by atoms with E-state index in [0.29, 0.717) is 0 Å². The van der Waals surface area contributed by atoms with Crippen molar-refractivity contribution in [3.8, 4) is 0 Å². The maximum Gasteiger partial charge on any atom is -0.00581 e. The van der Waals surface area contributed by atoms with Gasteiger partial charge in [0, 0.05) is 0 Å². The van der Waals surface area contributed by atoms with Crippen LogP contribution in [0.25, 0.3) is 0 Å². The summed E-state index contributed by atoms with van der Waals surface area (Å²) in [6, 6.07) is 4.58. The molecule has 0 saturated carbocycles. The molecule has 78 valence electrons. The van der Waals surface area contributed by atoms with E-state index in [4.69, 9.17) is 0 Å². The third-order valence-electron chi connectivity index (χ3n) is 3.18. The fourth-order valence-electron chi connectivity index (χ4n) is 2.18. The first-order valence-electron chi connectivity index (χ1n) is 5.58. The highest BCUT2D eigenvalue weighted by molar-refractivity contribution is 5.40. The average Bonchev–Trinajstić information content (AvgIpc) is 2.66. The molecule has 0 radical (unpaired) electrons. The summed E-state index contributed by atoms with van der Waals surface area (Å²) in [6.07, 6.45) is 8.88. The molecule has 0 heterocycles. The van der Waals surface area contributed by atoms with Gasteiger partial charge in [0.05, 0.1) is 0 Å². The van der Waals surface area contributed by atoms with E-state index in [1.165, 1.54) is 27.8 Å². The van der Waals surface area contributed by atoms with Crippen molar-refractivity contribution in [3.63, 3.8) is 0 Å². The summed E-state index contributed by atoms with van der Waals surface area (Å²) in [6.45, 7) is 6.61. The highest BCUT2D eigenvalue weighted by Crippen LogP contribution is 2.22. The monoisotopic (exact) mass is 198 g/mol. The molecule has 0 saturated heterocycles. The van der Waals surface area contributed by atoms with Gasteiger partial charge in [-0.1, -0.05) is 41.5 Å². The first-order chi connectivity index (χ1) is 7.16. The number of hydrogen-bond donors (Lipinski definition) is 0. The number of rotatable bonds is 2. The molecule has 1 aliphatic rings. The van der Waals surface area contributed by atoms with Crippen molar-refractivity contribution in [1.82, 2.24) is 0 Å². The molecule has 0 heteroatoms. The van der Waals surface area contributed by atoms with E-state index in [9.17, 15) is 0 Å². The molecule has 0 amide bonds. The second kappa shape index (κ2) is 4.06. The number of allylic oxidation sites excluding steroid dienone is 4. The molecule has 2 rings (SSSR count). The fraction of sp³-hybridized carbons (Fsp3) is 0.333. The van der Waals surface area contributed by atoms with Gasteiger partial charge in [-0.2, -0.15) is 0 Å². The first kappa shape index (κ1) is 10.2. The molecular weight excluding hydrogens is 180 g/mol. The molecule has 0 aromatic heterocycles. The summed E-state index contributed by atoms with van der Waals surface area (Å²) in [7, 11) is 0. The van der Waals surface area contributed by atoms with E-state index >= 15 is 0 Å². The summed E-state index contributed by atoms with van der Waals surface area (Å²) in [5, 5.41) is 0. The predicted octanol–water partition coefficient (Wildman–Crippen LogP) is 4.04. The van der Waals surface area contributed by atoms with Gasteiger partial charge in [-0.15, -0.1) is 0 Å². The Morgan fingerprint density at radius 1 is 1.13 bits per heavy atom. The average molecular weight is 198 g/mol. The van der Waals surface area contributed by atoms with E-state index in [1.807, 2.05) is 0 Å². The molecule has 1 aliphatic carbocycles. The zero-order valence-corrected chi connectivity index (χ0v) is 9.80. The van der Waals surface area contributed by atoms with Crippen LogP contribution in [0.5, 0.6) is 0 Å². The minimum Gasteiger partial charge on any atom is -0.0804 e. The van der Waals surface area contributed by atoms with Gasteiger partial charge >= 0.3 is 0 Å². The molecular formula is C15H18. The summed E-state index contributed by atoms with van der Waals surface area (Å²) >= 11 is 0. The Balaban J connectivity index is 2.27. The van der Waals surface area contributed by atoms with Crippen molar-refractivity contribution >= 4 is 0 Å². The lowest BCUT2D eigenvalue weighted by Crippen LogP contribution is -1.95. The van der Waals surface area contributed by atoms with Crippen molar-refractivity contribution in [2.45, 2.75) is 33.6 Å². The van der Waals surface area contributed by atoms with Crippen molar-refractivity contribution in [3.05, 3.63) is 58.2 Å². The van der Waals surface area contributed by atoms with E-state index in [1.54, 1.807) is 0 Å². The van der Waals surface area contributed by atoms with Crippen LogP contribution in [0.15, 0.2) is 35.9 Å². The maximum atomic E-state index is 2.32. The van der Waals surface area contributed by atoms with Crippen LogP contribution >= 0.6 is 0 Å². The highest BCUT2D eigenvalue weighted by atomic mass is 14.1. The predicted molar refractivity (Wildman–Crippen MR) is 66.2 cm³/mol. The van der Waals surface area contributed by atoms with Crippen LogP contribution in [-0.4, -0.2) is 0 Å². The lowest BCUT2D eigenvalue weighted by atomic mass is 9.95. The molecule has 1 aromatic carbocycles. The van der Waals surface area contributed by atoms with Crippen LogP contribution in [0.4, 0.5) is 0 Å². The Bertz CT molecular complexity index is 434. The van der Waals surface area contributed by atoms with Gasteiger partial charge in [-0.05, 0) is 50.3 Å². The standard InChI is InChI=1S/C15H18/c1-11-8-12(2)13(3)15(9-11)10-14-6-4-5-7-14/h4-6,8-9H,7,10H2,1-3H3. The molecule has 0 atom stereocenters. The van der Waals surface area contributed by atoms with Crippen LogP contribution in [-0.2, 0) is 6.42 Å². The van der Waals surface area contributed by atoms with Gasteiger partial charge in [0.15, 0.2) is 0 Å². The maximum absolute atomic E-state index is 2.32. The van der Waals surface area contributed by atoms with Crippen molar-refractivity contribution < 1.29 is 0 Å². The van der Waals surface area contributed by atoms with Crippen molar-refractivity contribution in [1.29, 1.82) is 0 Å². The number of hydrogen-bond acceptors (Lipinski definition) is 0. The third-order valence-corrected chi connectivity index (χ3v) is 3.18. The lowest BCUT2D eigenvalue weighted by molar-refractivity contribution is 1.05. The van der Waals surface area contributed by atoms with E-state index in [2.05, 4.69) is 51.1 Å². The van der Waals surface area contributed by atoms with Gasteiger partial charge in [0.1, 0.15) is 0 Å². The normalized spacial score (nSPS) is 14.5. The molecule has 0 nitrogen and oxygen atoms in total. The number of benzene rings is 1. The van der Waals surface area contributed by atoms with Gasteiger partial charge in [-0.25, -0.2) is 0 Å². The zero-order chi connectivity index (χ0) is 10.8. The lowest BCUT2D eigenvalue weighted by Gasteiger charge is -2.11. The van der Waals surface area contributed by atoms with E-state index in [0.717, 1.165) is 12.8 Å². The largest absolute Gasteiger partial charge is 0.0804 e. The van der Waals surface area contributed by atoms with E-state index < -0.39 is 0 Å². The summed E-state index contributed by atoms with van der Waals surface area (Å²) in [5.74, 6) is 0. The Morgan fingerprint density at radius 2 is 1.93 bits per heavy atom. The Hall–Kier alpha value is -1.30. The van der Waals surface area contributed by atoms with Crippen LogP contribution in [0.2, 0.25) is 0 Å². The minimum absolute atomic E-state index is 1.11. The van der Waals surface area contributed by atoms with Gasteiger partial charge in [-0.3, -0.25) is 0 Å². The SMILES string of the molecule is Cc1cc(C)c(C)c(CC2=CC=CC2)c1. The second-order valence-electron chi connectivity index (χ2n) is 4.50. The minimum atomic E-state index is 1.11. The van der Waals surface area contributed by atoms with Gasteiger partial charge < -0.3 is 0 Å². The Morgan fingerprint density at radius 3 is 2.60 bits per heavy atom. The highest BCUT2D eigenvalue weighted by Gasteiger charge is 2.06. The molecule has 15 heavy (non-hydrogen) atoms. The van der Waals surface area contributed by atoms with Crippen LogP contribution in [0.3, 0.4) is 0 Å². The fourth-order valence-corrected chi connectivity index (χ4v) is 2.18. The molecule has 0 aliphatic heterocycles. The molecule has 1 aromatic rings. The molecule has 0 N–H and O–H groups in total. The van der Waals surface area contributed by atoms with Crippen LogP contribution in [0.1, 0.15) is 28.7 Å². The third kappa shape index (κ3) is 2.20. The molecule has 0 spiro atoms. The Kier molecular flexibility index (Phi) is 2.77. The van der Waals surface area contributed by atoms with Crippen LogP contribution in [0, 0.1) is 20.8 Å². The van der Waals surface area contributed by atoms with Crippen molar-refractivity contribution in [2.24, 2.45) is 0 Å². The van der Waals surface area contributed by atoms with Crippen LogP contribution < -0.4 is 0 Å². The molecule has 0 fully saturated rings. The second-order valence-corrected chi connectivity index (χ2v) is 4.50. The van der Waals surface area contributed by atoms with Crippen molar-refractivity contribution in [2.75, 3.05) is 0 Å². The number of aryl methyl sites for hydroxylation is 2.